The minimum Gasteiger partial charge on any atom is -0.332 e. The van der Waals surface area contributed by atoms with E-state index in [9.17, 15) is 4.79 Å². The van der Waals surface area contributed by atoms with Crippen molar-refractivity contribution in [2.45, 2.75) is 24.7 Å². The number of aryl methyl sites for hydroxylation is 2. The van der Waals surface area contributed by atoms with Crippen LogP contribution in [-0.2, 0) is 6.54 Å². The average Bonchev–Trinajstić information content (AvgIpc) is 2.96. The molecule has 0 aliphatic rings. The number of hydrogen-bond donors (Lipinski definition) is 0. The molecule has 3 aromatic rings. The van der Waals surface area contributed by atoms with Gasteiger partial charge in [0.1, 0.15) is 5.65 Å². The summed E-state index contributed by atoms with van der Waals surface area (Å²) < 4.78 is 2.84. The largest absolute Gasteiger partial charge is 0.332 e. The van der Waals surface area contributed by atoms with Crippen molar-refractivity contribution in [1.82, 2.24) is 19.7 Å². The number of fused-ring (bicyclic) bond motifs is 1. The van der Waals surface area contributed by atoms with E-state index in [2.05, 4.69) is 15.2 Å². The minimum absolute atomic E-state index is 0.0361. The molecule has 0 amide bonds. The number of rotatable bonds is 3. The van der Waals surface area contributed by atoms with Crippen LogP contribution in [0.25, 0.3) is 21.6 Å². The molecular formula is C14H14N4OS2. The molecule has 21 heavy (non-hydrogen) atoms. The Morgan fingerprint density at radius 2 is 2.14 bits per heavy atom. The van der Waals surface area contributed by atoms with Gasteiger partial charge < -0.3 is 4.57 Å². The van der Waals surface area contributed by atoms with Crippen molar-refractivity contribution in [3.8, 4) is 10.6 Å². The van der Waals surface area contributed by atoms with Crippen LogP contribution < -0.4 is 5.43 Å². The van der Waals surface area contributed by atoms with Gasteiger partial charge in [0, 0.05) is 18.4 Å². The van der Waals surface area contributed by atoms with Crippen molar-refractivity contribution in [2.75, 3.05) is 6.26 Å². The summed E-state index contributed by atoms with van der Waals surface area (Å²) in [6, 6.07) is 3.70. The summed E-state index contributed by atoms with van der Waals surface area (Å²) in [5.41, 5.74) is 2.18. The fourth-order valence-corrected chi connectivity index (χ4v) is 3.43. The van der Waals surface area contributed by atoms with Crippen molar-refractivity contribution in [3.05, 3.63) is 34.2 Å². The van der Waals surface area contributed by atoms with E-state index in [0.717, 1.165) is 22.2 Å². The molecule has 0 saturated heterocycles. The summed E-state index contributed by atoms with van der Waals surface area (Å²) in [6.07, 6.45) is 3.78. The maximum absolute atomic E-state index is 12.7. The molecule has 5 nitrogen and oxygen atoms in total. The third-order valence-corrected chi connectivity index (χ3v) is 5.14. The van der Waals surface area contributed by atoms with Crippen LogP contribution in [0.4, 0.5) is 0 Å². The Morgan fingerprint density at radius 1 is 1.33 bits per heavy atom. The van der Waals surface area contributed by atoms with Crippen LogP contribution in [0.1, 0.15) is 12.6 Å². The van der Waals surface area contributed by atoms with E-state index in [1.54, 1.807) is 0 Å². The van der Waals surface area contributed by atoms with Crippen molar-refractivity contribution in [3.63, 3.8) is 0 Å². The second-order valence-corrected chi connectivity index (χ2v) is 6.59. The summed E-state index contributed by atoms with van der Waals surface area (Å²) in [5, 5.41) is 9.49. The van der Waals surface area contributed by atoms with Crippen LogP contribution in [0.15, 0.2) is 27.5 Å². The quantitative estimate of drug-likeness (QED) is 0.695. The molecule has 0 N–H and O–H groups in total. The molecule has 3 rings (SSSR count). The van der Waals surface area contributed by atoms with E-state index < -0.39 is 0 Å². The number of aromatic nitrogens is 4. The first-order chi connectivity index (χ1) is 10.1. The third-order valence-electron chi connectivity index (χ3n) is 3.21. The van der Waals surface area contributed by atoms with E-state index >= 15 is 0 Å². The molecule has 0 aromatic carbocycles. The second kappa shape index (κ2) is 5.57. The summed E-state index contributed by atoms with van der Waals surface area (Å²) in [5.74, 6) is 0. The molecule has 0 aliphatic carbocycles. The molecule has 0 radical (unpaired) electrons. The van der Waals surface area contributed by atoms with Gasteiger partial charge in [-0.15, -0.1) is 10.2 Å². The monoisotopic (exact) mass is 318 g/mol. The lowest BCUT2D eigenvalue weighted by molar-refractivity contribution is 0.776. The minimum atomic E-state index is -0.0361. The lowest BCUT2D eigenvalue weighted by Crippen LogP contribution is -2.13. The zero-order chi connectivity index (χ0) is 15.0. The molecule has 0 unspecified atom stereocenters. The van der Waals surface area contributed by atoms with Gasteiger partial charge in [-0.1, -0.05) is 23.1 Å². The Kier molecular flexibility index (Phi) is 3.77. The van der Waals surface area contributed by atoms with Crippen molar-refractivity contribution in [1.29, 1.82) is 0 Å². The Bertz CT molecular complexity index is 869. The Balaban J connectivity index is 2.31. The highest BCUT2D eigenvalue weighted by molar-refractivity contribution is 8.00. The zero-order valence-electron chi connectivity index (χ0n) is 12.0. The molecule has 3 aromatic heterocycles. The van der Waals surface area contributed by atoms with Gasteiger partial charge in [0.15, 0.2) is 9.35 Å². The van der Waals surface area contributed by atoms with Crippen LogP contribution in [0.2, 0.25) is 0 Å². The predicted octanol–water partition coefficient (Wildman–Crippen LogP) is 2.97. The Hall–Kier alpha value is -1.73. The summed E-state index contributed by atoms with van der Waals surface area (Å²) in [4.78, 5) is 17.2. The lowest BCUT2D eigenvalue weighted by atomic mass is 10.2. The fraction of sp³-hybridized carbons (Fsp3) is 0.286. The maximum atomic E-state index is 12.7. The second-order valence-electron chi connectivity index (χ2n) is 4.56. The summed E-state index contributed by atoms with van der Waals surface area (Å²) in [7, 11) is 0. The zero-order valence-corrected chi connectivity index (χ0v) is 13.6. The highest BCUT2D eigenvalue weighted by atomic mass is 32.2. The highest BCUT2D eigenvalue weighted by Crippen LogP contribution is 2.27. The van der Waals surface area contributed by atoms with Gasteiger partial charge in [-0.2, -0.15) is 0 Å². The van der Waals surface area contributed by atoms with Crippen molar-refractivity contribution < 1.29 is 0 Å². The molecule has 0 atom stereocenters. The van der Waals surface area contributed by atoms with E-state index in [4.69, 9.17) is 0 Å². The highest BCUT2D eigenvalue weighted by Gasteiger charge is 2.15. The van der Waals surface area contributed by atoms with E-state index in [1.165, 1.54) is 23.1 Å². The average molecular weight is 318 g/mol. The van der Waals surface area contributed by atoms with Crippen LogP contribution in [0, 0.1) is 6.92 Å². The van der Waals surface area contributed by atoms with Gasteiger partial charge >= 0.3 is 0 Å². The Labute approximate surface area is 130 Å². The van der Waals surface area contributed by atoms with Crippen LogP contribution >= 0.6 is 23.1 Å². The van der Waals surface area contributed by atoms with E-state index in [1.807, 2.05) is 43.0 Å². The van der Waals surface area contributed by atoms with Crippen LogP contribution in [0.5, 0.6) is 0 Å². The fourth-order valence-electron chi connectivity index (χ4n) is 2.15. The number of pyridine rings is 2. The molecule has 0 spiro atoms. The van der Waals surface area contributed by atoms with Gasteiger partial charge in [0.2, 0.25) is 5.43 Å². The molecule has 108 valence electrons. The molecule has 0 fully saturated rings. The van der Waals surface area contributed by atoms with Gasteiger partial charge in [-0.3, -0.25) is 4.79 Å². The normalized spacial score (nSPS) is 11.2. The standard InChI is InChI=1S/C14H14N4OS2/c1-4-18-7-10(13-16-17-14(20-3)21-13)11(19)9-6-5-8(2)15-12(9)18/h5-7H,4H2,1-3H3. The molecule has 0 bridgehead atoms. The van der Waals surface area contributed by atoms with Gasteiger partial charge in [0.25, 0.3) is 0 Å². The smallest absolute Gasteiger partial charge is 0.201 e. The SMILES string of the molecule is CCn1cc(-c2nnc(SC)s2)c(=O)c2ccc(C)nc21. The first-order valence-electron chi connectivity index (χ1n) is 6.52. The third kappa shape index (κ3) is 2.47. The number of thioether (sulfide) groups is 1. The Morgan fingerprint density at radius 3 is 2.81 bits per heavy atom. The number of hydrogen-bond acceptors (Lipinski definition) is 6. The molecule has 3 heterocycles. The molecular weight excluding hydrogens is 304 g/mol. The van der Waals surface area contributed by atoms with Gasteiger partial charge in [0.05, 0.1) is 10.9 Å². The van der Waals surface area contributed by atoms with Crippen LogP contribution in [-0.4, -0.2) is 26.0 Å². The molecule has 0 aliphatic heterocycles. The van der Waals surface area contributed by atoms with Crippen LogP contribution in [0.3, 0.4) is 0 Å². The van der Waals surface area contributed by atoms with Gasteiger partial charge in [-0.05, 0) is 32.2 Å². The van der Waals surface area contributed by atoms with Gasteiger partial charge in [-0.25, -0.2) is 4.98 Å². The van der Waals surface area contributed by atoms with Crippen molar-refractivity contribution >= 4 is 34.1 Å². The maximum Gasteiger partial charge on any atom is 0.201 e. The summed E-state index contributed by atoms with van der Waals surface area (Å²) >= 11 is 2.97. The van der Waals surface area contributed by atoms with Crippen molar-refractivity contribution in [2.24, 2.45) is 0 Å². The lowest BCUT2D eigenvalue weighted by Gasteiger charge is -2.09. The first kappa shape index (κ1) is 14.2. The topological polar surface area (TPSA) is 60.7 Å². The summed E-state index contributed by atoms with van der Waals surface area (Å²) in [6.45, 7) is 4.70. The molecule has 7 heteroatoms. The first-order valence-corrected chi connectivity index (χ1v) is 8.56. The number of nitrogens with zero attached hydrogens (tertiary/aromatic N) is 4. The predicted molar refractivity (Wildman–Crippen MR) is 87.1 cm³/mol. The van der Waals surface area contributed by atoms with E-state index in [-0.39, 0.29) is 5.43 Å². The van der Waals surface area contributed by atoms with E-state index in [0.29, 0.717) is 16.0 Å². The molecule has 0 saturated carbocycles.